The van der Waals surface area contributed by atoms with Crippen LogP contribution in [0.4, 0.5) is 0 Å². The predicted molar refractivity (Wildman–Crippen MR) is 118 cm³/mol. The van der Waals surface area contributed by atoms with Crippen molar-refractivity contribution < 1.29 is 19.1 Å². The van der Waals surface area contributed by atoms with E-state index in [2.05, 4.69) is 10.6 Å². The van der Waals surface area contributed by atoms with Crippen molar-refractivity contribution >= 4 is 29.4 Å². The van der Waals surface area contributed by atoms with E-state index in [0.29, 0.717) is 5.02 Å². The van der Waals surface area contributed by atoms with E-state index in [1.165, 1.54) is 0 Å². The van der Waals surface area contributed by atoms with Crippen LogP contribution >= 0.6 is 11.6 Å². The van der Waals surface area contributed by atoms with Crippen LogP contribution in [0.25, 0.3) is 0 Å². The van der Waals surface area contributed by atoms with Gasteiger partial charge in [-0.15, -0.1) is 0 Å². The van der Waals surface area contributed by atoms with Gasteiger partial charge < -0.3 is 15.4 Å². The summed E-state index contributed by atoms with van der Waals surface area (Å²) in [6.07, 6.45) is 4.95. The molecule has 0 spiro atoms. The lowest BCUT2D eigenvalue weighted by molar-refractivity contribution is -0.148. The fourth-order valence-corrected chi connectivity index (χ4v) is 3.85. The highest BCUT2D eigenvalue weighted by Gasteiger charge is 2.22. The van der Waals surface area contributed by atoms with Gasteiger partial charge >= 0.3 is 5.97 Å². The molecule has 2 aromatic rings. The Morgan fingerprint density at radius 1 is 0.935 bits per heavy atom. The van der Waals surface area contributed by atoms with Gasteiger partial charge in [0.2, 0.25) is 5.91 Å². The van der Waals surface area contributed by atoms with E-state index < -0.39 is 24.5 Å². The highest BCUT2D eigenvalue weighted by Crippen LogP contribution is 2.24. The van der Waals surface area contributed by atoms with Crippen molar-refractivity contribution in [2.24, 2.45) is 5.92 Å². The van der Waals surface area contributed by atoms with Crippen molar-refractivity contribution in [2.45, 2.75) is 38.1 Å². The van der Waals surface area contributed by atoms with Crippen LogP contribution in [0.5, 0.6) is 0 Å². The summed E-state index contributed by atoms with van der Waals surface area (Å²) in [6, 6.07) is 16.3. The monoisotopic (exact) mass is 442 g/mol. The molecule has 31 heavy (non-hydrogen) atoms. The highest BCUT2D eigenvalue weighted by molar-refractivity contribution is 6.30. The van der Waals surface area contributed by atoms with Crippen LogP contribution in [-0.4, -0.2) is 30.9 Å². The first-order valence-electron chi connectivity index (χ1n) is 10.6. The molecule has 1 fully saturated rings. The average molecular weight is 443 g/mol. The Morgan fingerprint density at radius 2 is 1.58 bits per heavy atom. The zero-order valence-electron chi connectivity index (χ0n) is 17.3. The van der Waals surface area contributed by atoms with Crippen molar-refractivity contribution in [1.82, 2.24) is 10.6 Å². The Hall–Kier alpha value is -2.86. The number of nitrogens with one attached hydrogen (secondary N) is 2. The molecule has 6 nitrogen and oxygen atoms in total. The predicted octanol–water partition coefficient (Wildman–Crippen LogP) is 3.79. The number of hydrogen-bond donors (Lipinski definition) is 2. The summed E-state index contributed by atoms with van der Waals surface area (Å²) in [6.45, 7) is -0.656. The normalized spacial score (nSPS) is 15.0. The molecule has 0 bridgehead atoms. The summed E-state index contributed by atoms with van der Waals surface area (Å²) in [5.41, 5.74) is 1.75. The largest absolute Gasteiger partial charge is 0.454 e. The van der Waals surface area contributed by atoms with E-state index in [0.717, 1.165) is 43.2 Å². The summed E-state index contributed by atoms with van der Waals surface area (Å²) in [7, 11) is 0. The standard InChI is InChI=1S/C24H27ClN2O4/c25-20-13-11-18(12-14-20)23(17-7-3-1-4-8-17)27-21(28)16-31-22(29)15-26-24(30)19-9-5-2-6-10-19/h1,3-4,7-8,11-14,19,23H,2,5-6,9-10,15-16H2,(H,26,30)(H,27,28). The van der Waals surface area contributed by atoms with E-state index in [1.54, 1.807) is 12.1 Å². The van der Waals surface area contributed by atoms with Crippen LogP contribution in [0.2, 0.25) is 5.02 Å². The number of esters is 1. The maximum Gasteiger partial charge on any atom is 0.325 e. The van der Waals surface area contributed by atoms with Gasteiger partial charge in [0.25, 0.3) is 5.91 Å². The number of halogens is 1. The molecule has 1 unspecified atom stereocenters. The van der Waals surface area contributed by atoms with Crippen LogP contribution < -0.4 is 10.6 Å². The first-order chi connectivity index (χ1) is 15.0. The summed E-state index contributed by atoms with van der Waals surface area (Å²) >= 11 is 5.98. The second-order valence-electron chi connectivity index (χ2n) is 7.68. The molecule has 2 aromatic carbocycles. The lowest BCUT2D eigenvalue weighted by atomic mass is 9.89. The van der Waals surface area contributed by atoms with E-state index >= 15 is 0 Å². The Bertz CT molecular complexity index is 880. The van der Waals surface area contributed by atoms with E-state index in [4.69, 9.17) is 16.3 Å². The molecule has 2 amide bonds. The topological polar surface area (TPSA) is 84.5 Å². The first kappa shape index (κ1) is 22.8. The third-order valence-corrected chi connectivity index (χ3v) is 5.64. The smallest absolute Gasteiger partial charge is 0.325 e. The molecule has 1 aliphatic rings. The maximum absolute atomic E-state index is 12.5. The highest BCUT2D eigenvalue weighted by atomic mass is 35.5. The van der Waals surface area contributed by atoms with Gasteiger partial charge in [-0.05, 0) is 36.1 Å². The lowest BCUT2D eigenvalue weighted by Crippen LogP contribution is -2.38. The fourth-order valence-electron chi connectivity index (χ4n) is 3.73. The van der Waals surface area contributed by atoms with Gasteiger partial charge in [0, 0.05) is 10.9 Å². The molecule has 164 valence electrons. The minimum atomic E-state index is -0.637. The molecule has 2 N–H and O–H groups in total. The van der Waals surface area contributed by atoms with Crippen molar-refractivity contribution in [3.63, 3.8) is 0 Å². The number of rotatable bonds is 8. The lowest BCUT2D eigenvalue weighted by Gasteiger charge is -2.21. The van der Waals surface area contributed by atoms with Gasteiger partial charge in [0.1, 0.15) is 6.54 Å². The Balaban J connectivity index is 1.50. The number of carbonyl (C=O) groups excluding carboxylic acids is 3. The van der Waals surface area contributed by atoms with Crippen LogP contribution in [0.1, 0.15) is 49.3 Å². The Labute approximate surface area is 187 Å². The SMILES string of the molecule is O=C(COC(=O)CNC(=O)C1CCCCC1)NC(c1ccccc1)c1ccc(Cl)cc1. The molecule has 0 radical (unpaired) electrons. The second-order valence-corrected chi connectivity index (χ2v) is 8.11. The zero-order chi connectivity index (χ0) is 22.1. The van der Waals surface area contributed by atoms with E-state index in [9.17, 15) is 14.4 Å². The van der Waals surface area contributed by atoms with Crippen LogP contribution in [0.3, 0.4) is 0 Å². The number of benzene rings is 2. The molecule has 1 atom stereocenters. The molecule has 1 saturated carbocycles. The van der Waals surface area contributed by atoms with E-state index in [-0.39, 0.29) is 18.4 Å². The van der Waals surface area contributed by atoms with Crippen LogP contribution in [0.15, 0.2) is 54.6 Å². The van der Waals surface area contributed by atoms with Gasteiger partial charge in [-0.25, -0.2) is 0 Å². The average Bonchev–Trinajstić information content (AvgIpc) is 2.81. The summed E-state index contributed by atoms with van der Waals surface area (Å²) in [4.78, 5) is 36.5. The third-order valence-electron chi connectivity index (χ3n) is 5.39. The number of carbonyl (C=O) groups is 3. The Morgan fingerprint density at radius 3 is 2.26 bits per heavy atom. The van der Waals surface area contributed by atoms with Gasteiger partial charge in [-0.1, -0.05) is 73.3 Å². The van der Waals surface area contributed by atoms with Gasteiger partial charge in [0.05, 0.1) is 6.04 Å². The minimum Gasteiger partial charge on any atom is -0.454 e. The van der Waals surface area contributed by atoms with Crippen molar-refractivity contribution in [3.8, 4) is 0 Å². The Kier molecular flexibility index (Phi) is 8.47. The first-order valence-corrected chi connectivity index (χ1v) is 10.9. The van der Waals surface area contributed by atoms with Crippen molar-refractivity contribution in [2.75, 3.05) is 13.2 Å². The summed E-state index contributed by atoms with van der Waals surface area (Å²) < 4.78 is 5.05. The van der Waals surface area contributed by atoms with Gasteiger partial charge in [-0.3, -0.25) is 14.4 Å². The van der Waals surface area contributed by atoms with Gasteiger partial charge in [0.15, 0.2) is 6.61 Å². The molecule has 1 aliphatic carbocycles. The summed E-state index contributed by atoms with van der Waals surface area (Å²) in [5.74, 6) is -1.22. The van der Waals surface area contributed by atoms with Crippen molar-refractivity contribution in [3.05, 3.63) is 70.7 Å². The second kappa shape index (κ2) is 11.5. The number of ether oxygens (including phenoxy) is 1. The molecular formula is C24H27ClN2O4. The minimum absolute atomic E-state index is 0.0316. The number of amides is 2. The fraction of sp³-hybridized carbons (Fsp3) is 0.375. The third kappa shape index (κ3) is 7.10. The zero-order valence-corrected chi connectivity index (χ0v) is 18.1. The van der Waals surface area contributed by atoms with E-state index in [1.807, 2.05) is 42.5 Å². The number of hydrogen-bond acceptors (Lipinski definition) is 4. The molecule has 0 heterocycles. The molecule has 0 aromatic heterocycles. The van der Waals surface area contributed by atoms with Crippen molar-refractivity contribution in [1.29, 1.82) is 0 Å². The van der Waals surface area contributed by atoms with Crippen LogP contribution in [0, 0.1) is 5.92 Å². The molecule has 7 heteroatoms. The quantitative estimate of drug-likeness (QED) is 0.609. The molecular weight excluding hydrogens is 416 g/mol. The summed E-state index contributed by atoms with van der Waals surface area (Å²) in [5, 5.41) is 6.11. The van der Waals surface area contributed by atoms with Crippen LogP contribution in [-0.2, 0) is 19.1 Å². The molecule has 3 rings (SSSR count). The maximum atomic E-state index is 12.5. The van der Waals surface area contributed by atoms with Gasteiger partial charge in [-0.2, -0.15) is 0 Å². The molecule has 0 saturated heterocycles. The molecule has 0 aliphatic heterocycles.